The molecule has 0 aliphatic rings. The Kier molecular flexibility index (Phi) is 7.63. The predicted octanol–water partition coefficient (Wildman–Crippen LogP) is 4.62. The monoisotopic (exact) mass is 511 g/mol. The van der Waals surface area contributed by atoms with E-state index in [1.54, 1.807) is 30.7 Å². The van der Waals surface area contributed by atoms with Gasteiger partial charge in [0.05, 0.1) is 17.7 Å². The third-order valence-corrected chi connectivity index (χ3v) is 5.16. The molecule has 9 nitrogen and oxygen atoms in total. The number of primary amides is 1. The van der Waals surface area contributed by atoms with E-state index in [9.17, 15) is 14.7 Å². The fourth-order valence-electron chi connectivity index (χ4n) is 3.55. The highest BCUT2D eigenvalue weighted by atomic mass is 79.9. The van der Waals surface area contributed by atoms with Crippen LogP contribution in [-0.2, 0) is 18.3 Å². The van der Waals surface area contributed by atoms with Crippen molar-refractivity contribution < 1.29 is 19.4 Å². The molecule has 11 heteroatoms. The van der Waals surface area contributed by atoms with Gasteiger partial charge in [0.2, 0.25) is 0 Å². The minimum atomic E-state index is -0.979. The molecular weight excluding hydrogens is 490 g/mol. The maximum Gasteiger partial charge on any atom is 0.356 e. The van der Waals surface area contributed by atoms with Gasteiger partial charge in [0.15, 0.2) is 5.75 Å². The number of benzene rings is 2. The Morgan fingerprint density at radius 2 is 1.97 bits per heavy atom. The number of halogens is 2. The Labute approximate surface area is 193 Å². The topological polar surface area (TPSA) is 123 Å². The van der Waals surface area contributed by atoms with Crippen molar-refractivity contribution in [2.75, 3.05) is 20.7 Å². The van der Waals surface area contributed by atoms with E-state index in [1.165, 1.54) is 0 Å². The van der Waals surface area contributed by atoms with Crippen molar-refractivity contribution in [2.45, 2.75) is 13.5 Å². The van der Waals surface area contributed by atoms with Crippen molar-refractivity contribution in [3.63, 3.8) is 0 Å². The van der Waals surface area contributed by atoms with E-state index in [1.807, 2.05) is 25.1 Å². The Hall–Kier alpha value is -2.69. The van der Waals surface area contributed by atoms with Crippen molar-refractivity contribution in [1.82, 2.24) is 9.47 Å². The van der Waals surface area contributed by atoms with Crippen LogP contribution in [0.4, 0.5) is 10.5 Å². The number of amides is 2. The second-order valence-electron chi connectivity index (χ2n) is 6.99. The van der Waals surface area contributed by atoms with Crippen LogP contribution < -0.4 is 5.73 Å². The average Bonchev–Trinajstić information content (AvgIpc) is 2.94. The molecule has 0 radical (unpaired) electrons. The molecule has 2 amide bonds. The first-order valence-electron chi connectivity index (χ1n) is 9.15. The fourth-order valence-corrected chi connectivity index (χ4v) is 3.91. The molecule has 0 saturated heterocycles. The SMILES string of the molecule is CCOC(=O)c1c(CN(C)C)n(C)c2c(O)c(N=NC(N)=O)c3ccc(Br)cc3c12.Cl. The number of rotatable bonds is 5. The second-order valence-corrected chi connectivity index (χ2v) is 7.90. The first-order chi connectivity index (χ1) is 14.2. The van der Waals surface area contributed by atoms with Crippen molar-refractivity contribution in [1.29, 1.82) is 0 Å². The maximum atomic E-state index is 13.0. The number of nitrogens with two attached hydrogens (primary N) is 1. The number of carbonyl (C=O) groups excluding carboxylic acids is 2. The third-order valence-electron chi connectivity index (χ3n) is 4.66. The standard InChI is InChI=1S/C20H22BrN5O4.ClH/c1-5-30-19(28)15-13(9-25(2)3)26(4)17-14(15)12-8-10(21)6-7-11(12)16(18(17)27)23-24-20(22)29;/h6-8,27H,5,9H2,1-4H3,(H2,22,29);1H. The normalized spacial score (nSPS) is 11.4. The molecule has 0 spiro atoms. The first kappa shape index (κ1) is 24.6. The smallest absolute Gasteiger partial charge is 0.356 e. The second kappa shape index (κ2) is 9.63. The van der Waals surface area contributed by atoms with Crippen LogP contribution in [0.3, 0.4) is 0 Å². The largest absolute Gasteiger partial charge is 0.504 e. The van der Waals surface area contributed by atoms with Gasteiger partial charge in [-0.3, -0.25) is 0 Å². The molecule has 1 heterocycles. The van der Waals surface area contributed by atoms with E-state index >= 15 is 0 Å². The molecule has 3 aromatic rings. The van der Waals surface area contributed by atoms with Crippen LogP contribution >= 0.6 is 28.3 Å². The van der Waals surface area contributed by atoms with Gasteiger partial charge < -0.3 is 25.0 Å². The summed E-state index contributed by atoms with van der Waals surface area (Å²) < 4.78 is 7.84. The third kappa shape index (κ3) is 4.51. The summed E-state index contributed by atoms with van der Waals surface area (Å²) in [7, 11) is 5.52. The molecule has 0 saturated carbocycles. The molecule has 166 valence electrons. The Morgan fingerprint density at radius 3 is 2.55 bits per heavy atom. The molecule has 0 atom stereocenters. The highest BCUT2D eigenvalue weighted by molar-refractivity contribution is 9.10. The highest BCUT2D eigenvalue weighted by Gasteiger charge is 2.28. The number of esters is 1. The van der Waals surface area contributed by atoms with Crippen LogP contribution in [0.5, 0.6) is 5.75 Å². The van der Waals surface area contributed by atoms with E-state index in [2.05, 4.69) is 26.2 Å². The Bertz CT molecular complexity index is 1210. The van der Waals surface area contributed by atoms with Crippen LogP contribution in [0.25, 0.3) is 21.7 Å². The van der Waals surface area contributed by atoms with Gasteiger partial charge in [0, 0.05) is 34.5 Å². The summed E-state index contributed by atoms with van der Waals surface area (Å²) in [4.78, 5) is 26.0. The minimum absolute atomic E-state index is 0. The van der Waals surface area contributed by atoms with E-state index in [-0.39, 0.29) is 30.5 Å². The zero-order valence-electron chi connectivity index (χ0n) is 17.5. The molecule has 2 aromatic carbocycles. The lowest BCUT2D eigenvalue weighted by Gasteiger charge is -2.13. The van der Waals surface area contributed by atoms with Gasteiger partial charge >= 0.3 is 12.0 Å². The van der Waals surface area contributed by atoms with Gasteiger partial charge in [-0.05, 0) is 38.5 Å². The Balaban J connectivity index is 0.00000341. The zero-order valence-corrected chi connectivity index (χ0v) is 19.9. The number of urea groups is 1. The molecule has 3 N–H and O–H groups in total. The summed E-state index contributed by atoms with van der Waals surface area (Å²) in [5.41, 5.74) is 6.63. The van der Waals surface area contributed by atoms with Crippen LogP contribution in [-0.4, -0.2) is 47.3 Å². The van der Waals surface area contributed by atoms with Crippen LogP contribution in [0, 0.1) is 0 Å². The van der Waals surface area contributed by atoms with Crippen molar-refractivity contribution in [2.24, 2.45) is 23.0 Å². The molecule has 1 aromatic heterocycles. The fraction of sp³-hybridized carbons (Fsp3) is 0.300. The van der Waals surface area contributed by atoms with Gasteiger partial charge in [0.1, 0.15) is 5.69 Å². The van der Waals surface area contributed by atoms with Gasteiger partial charge in [-0.15, -0.1) is 17.5 Å². The number of carbonyl (C=O) groups is 2. The summed E-state index contributed by atoms with van der Waals surface area (Å²) in [5, 5.41) is 20.1. The number of aromatic hydroxyl groups is 1. The molecule has 31 heavy (non-hydrogen) atoms. The Morgan fingerprint density at radius 1 is 1.29 bits per heavy atom. The molecular formula is C20H23BrClN5O4. The first-order valence-corrected chi connectivity index (χ1v) is 9.95. The lowest BCUT2D eigenvalue weighted by Crippen LogP contribution is -2.17. The molecule has 0 fully saturated rings. The number of phenols is 1. The molecule has 0 unspecified atom stereocenters. The van der Waals surface area contributed by atoms with Crippen molar-refractivity contribution >= 4 is 67.7 Å². The molecule has 0 bridgehead atoms. The number of hydrogen-bond acceptors (Lipinski definition) is 6. The highest BCUT2D eigenvalue weighted by Crippen LogP contribution is 2.46. The summed E-state index contributed by atoms with van der Waals surface area (Å²) in [6.45, 7) is 2.39. The van der Waals surface area contributed by atoms with E-state index in [4.69, 9.17) is 10.5 Å². The van der Waals surface area contributed by atoms with Crippen LogP contribution in [0.15, 0.2) is 32.9 Å². The maximum absolute atomic E-state index is 13.0. The summed E-state index contributed by atoms with van der Waals surface area (Å²) in [6, 6.07) is 4.33. The lowest BCUT2D eigenvalue weighted by molar-refractivity contribution is 0.0526. The van der Waals surface area contributed by atoms with Crippen LogP contribution in [0.1, 0.15) is 23.0 Å². The number of hydrogen-bond donors (Lipinski definition) is 2. The summed E-state index contributed by atoms with van der Waals surface area (Å²) in [6.07, 6.45) is 0. The van der Waals surface area contributed by atoms with Crippen molar-refractivity contribution in [3.8, 4) is 5.75 Å². The van der Waals surface area contributed by atoms with Gasteiger partial charge in [-0.25, -0.2) is 9.59 Å². The van der Waals surface area contributed by atoms with E-state index < -0.39 is 12.0 Å². The number of fused-ring (bicyclic) bond motifs is 3. The van der Waals surface area contributed by atoms with Gasteiger partial charge in [-0.2, -0.15) is 0 Å². The number of aryl methyl sites for hydroxylation is 1. The minimum Gasteiger partial charge on any atom is -0.504 e. The van der Waals surface area contributed by atoms with Gasteiger partial charge in [0.25, 0.3) is 0 Å². The summed E-state index contributed by atoms with van der Waals surface area (Å²) in [5.74, 6) is -0.685. The predicted molar refractivity (Wildman–Crippen MR) is 124 cm³/mol. The summed E-state index contributed by atoms with van der Waals surface area (Å²) >= 11 is 3.46. The van der Waals surface area contributed by atoms with Gasteiger partial charge in [-0.1, -0.05) is 27.1 Å². The molecule has 0 aliphatic carbocycles. The average molecular weight is 513 g/mol. The van der Waals surface area contributed by atoms with Crippen molar-refractivity contribution in [3.05, 3.63) is 33.9 Å². The van der Waals surface area contributed by atoms with E-state index in [0.717, 1.165) is 4.47 Å². The lowest BCUT2D eigenvalue weighted by atomic mass is 10.00. The van der Waals surface area contributed by atoms with E-state index in [0.29, 0.717) is 39.5 Å². The molecule has 3 rings (SSSR count). The number of nitrogens with zero attached hydrogens (tertiary/aromatic N) is 4. The quantitative estimate of drug-likeness (QED) is 0.381. The number of aromatic nitrogens is 1. The zero-order chi connectivity index (χ0) is 22.2. The number of azo groups is 1. The van der Waals surface area contributed by atoms with Crippen LogP contribution in [0.2, 0.25) is 0 Å². The molecule has 0 aliphatic heterocycles. The number of ether oxygens (including phenoxy) is 1. The number of phenolic OH excluding ortho intramolecular Hbond substituents is 1.